The molecule has 0 aliphatic heterocycles. The Balaban J connectivity index is 1.84. The lowest BCUT2D eigenvalue weighted by Crippen LogP contribution is -2.25. The van der Waals surface area contributed by atoms with Crippen molar-refractivity contribution in [1.29, 1.82) is 0 Å². The van der Waals surface area contributed by atoms with Crippen LogP contribution >= 0.6 is 11.6 Å². The molecule has 0 radical (unpaired) electrons. The van der Waals surface area contributed by atoms with E-state index < -0.39 is 0 Å². The predicted octanol–water partition coefficient (Wildman–Crippen LogP) is 2.40. The molecule has 2 rings (SSSR count). The maximum atomic E-state index is 12.1. The van der Waals surface area contributed by atoms with Crippen LogP contribution in [-0.2, 0) is 6.42 Å². The molecular weight excluding hydrogens is 294 g/mol. The molecule has 0 saturated carbocycles. The van der Waals surface area contributed by atoms with Gasteiger partial charge in [-0.2, -0.15) is 4.98 Å². The Morgan fingerprint density at radius 3 is 2.95 bits per heavy atom. The van der Waals surface area contributed by atoms with E-state index in [1.807, 2.05) is 0 Å². The summed E-state index contributed by atoms with van der Waals surface area (Å²) in [6, 6.07) is 4.90. The van der Waals surface area contributed by atoms with Crippen LogP contribution in [0.4, 0.5) is 0 Å². The Morgan fingerprint density at radius 2 is 2.29 bits per heavy atom. The molecule has 0 fully saturated rings. The fraction of sp³-hybridized carbons (Fsp3) is 0.357. The number of halogens is 1. The average molecular weight is 310 g/mol. The molecule has 112 valence electrons. The third-order valence-electron chi connectivity index (χ3n) is 2.83. The molecule has 7 heteroatoms. The van der Waals surface area contributed by atoms with Gasteiger partial charge < -0.3 is 14.6 Å². The summed E-state index contributed by atoms with van der Waals surface area (Å²) in [4.78, 5) is 16.2. The van der Waals surface area contributed by atoms with Gasteiger partial charge in [-0.05, 0) is 31.5 Å². The number of carbonyl (C=O) groups excluding carboxylic acids is 1. The number of nitrogens with one attached hydrogen (secondary N) is 1. The molecule has 0 bridgehead atoms. The quantitative estimate of drug-likeness (QED) is 0.829. The number of amides is 1. The molecule has 1 heterocycles. The highest BCUT2D eigenvalue weighted by Gasteiger charge is 2.12. The van der Waals surface area contributed by atoms with E-state index in [0.717, 1.165) is 0 Å². The number of aromatic nitrogens is 2. The molecule has 0 spiro atoms. The van der Waals surface area contributed by atoms with E-state index in [1.54, 1.807) is 25.1 Å². The van der Waals surface area contributed by atoms with Gasteiger partial charge >= 0.3 is 0 Å². The molecule has 1 aromatic heterocycles. The largest absolute Gasteiger partial charge is 0.496 e. The van der Waals surface area contributed by atoms with Crippen LogP contribution in [0.1, 0.15) is 28.5 Å². The number of hydrogen-bond donors (Lipinski definition) is 1. The van der Waals surface area contributed by atoms with E-state index >= 15 is 0 Å². The van der Waals surface area contributed by atoms with Crippen molar-refractivity contribution in [2.75, 3.05) is 13.7 Å². The fourth-order valence-electron chi connectivity index (χ4n) is 1.83. The second-order valence-corrected chi connectivity index (χ2v) is 4.88. The van der Waals surface area contributed by atoms with Crippen molar-refractivity contribution in [1.82, 2.24) is 15.5 Å². The number of benzene rings is 1. The van der Waals surface area contributed by atoms with Crippen LogP contribution < -0.4 is 10.1 Å². The SMILES string of the molecule is COc1cc(Cl)ccc1C(=O)NCCCc1nc(C)no1. The topological polar surface area (TPSA) is 77.2 Å². The molecule has 1 aromatic carbocycles. The van der Waals surface area contributed by atoms with Gasteiger partial charge in [-0.25, -0.2) is 0 Å². The summed E-state index contributed by atoms with van der Waals surface area (Å²) in [5, 5.41) is 7.05. The summed E-state index contributed by atoms with van der Waals surface area (Å²) in [5.74, 6) is 1.43. The lowest BCUT2D eigenvalue weighted by molar-refractivity contribution is 0.0950. The van der Waals surface area contributed by atoms with E-state index in [1.165, 1.54) is 7.11 Å². The van der Waals surface area contributed by atoms with E-state index in [4.69, 9.17) is 20.9 Å². The number of hydrogen-bond acceptors (Lipinski definition) is 5. The van der Waals surface area contributed by atoms with Crippen molar-refractivity contribution >= 4 is 17.5 Å². The number of ether oxygens (including phenoxy) is 1. The minimum absolute atomic E-state index is 0.203. The van der Waals surface area contributed by atoms with Crippen LogP contribution in [0.25, 0.3) is 0 Å². The van der Waals surface area contributed by atoms with E-state index in [9.17, 15) is 4.79 Å². The maximum absolute atomic E-state index is 12.1. The highest BCUT2D eigenvalue weighted by Crippen LogP contribution is 2.22. The highest BCUT2D eigenvalue weighted by atomic mass is 35.5. The van der Waals surface area contributed by atoms with Crippen LogP contribution in [0, 0.1) is 6.92 Å². The number of nitrogens with zero attached hydrogens (tertiary/aromatic N) is 2. The monoisotopic (exact) mass is 309 g/mol. The van der Waals surface area contributed by atoms with E-state index in [2.05, 4.69) is 15.5 Å². The summed E-state index contributed by atoms with van der Waals surface area (Å²) in [6.45, 7) is 2.27. The molecule has 21 heavy (non-hydrogen) atoms. The lowest BCUT2D eigenvalue weighted by atomic mass is 10.2. The summed E-state index contributed by atoms with van der Waals surface area (Å²) < 4.78 is 10.1. The van der Waals surface area contributed by atoms with Crippen LogP contribution in [0.2, 0.25) is 5.02 Å². The van der Waals surface area contributed by atoms with Crippen molar-refractivity contribution in [2.24, 2.45) is 0 Å². The molecule has 0 atom stereocenters. The third kappa shape index (κ3) is 4.19. The smallest absolute Gasteiger partial charge is 0.255 e. The van der Waals surface area contributed by atoms with Gasteiger partial charge in [-0.3, -0.25) is 4.79 Å². The van der Waals surface area contributed by atoms with Crippen molar-refractivity contribution in [3.8, 4) is 5.75 Å². The zero-order valence-electron chi connectivity index (χ0n) is 11.9. The normalized spacial score (nSPS) is 10.4. The van der Waals surface area contributed by atoms with E-state index in [0.29, 0.717) is 47.4 Å². The second kappa shape index (κ2) is 7.08. The molecule has 6 nitrogen and oxygen atoms in total. The number of aryl methyl sites for hydroxylation is 2. The van der Waals surface area contributed by atoms with E-state index in [-0.39, 0.29) is 5.91 Å². The minimum atomic E-state index is -0.203. The molecular formula is C14H16ClN3O3. The van der Waals surface area contributed by atoms with Crippen molar-refractivity contribution < 1.29 is 14.1 Å². The molecule has 0 unspecified atom stereocenters. The first-order valence-corrected chi connectivity index (χ1v) is 6.89. The summed E-state index contributed by atoms with van der Waals surface area (Å²) in [5.41, 5.74) is 0.454. The molecule has 1 amide bonds. The molecule has 2 aromatic rings. The zero-order chi connectivity index (χ0) is 15.2. The van der Waals surface area contributed by atoms with Crippen LogP contribution in [0.3, 0.4) is 0 Å². The highest BCUT2D eigenvalue weighted by molar-refractivity contribution is 6.30. The lowest BCUT2D eigenvalue weighted by Gasteiger charge is -2.09. The Bertz CT molecular complexity index is 628. The predicted molar refractivity (Wildman–Crippen MR) is 77.7 cm³/mol. The van der Waals surface area contributed by atoms with Gasteiger partial charge in [0.15, 0.2) is 5.82 Å². The zero-order valence-corrected chi connectivity index (χ0v) is 12.6. The van der Waals surface area contributed by atoms with Gasteiger partial charge in [-0.1, -0.05) is 16.8 Å². The van der Waals surface area contributed by atoms with Crippen LogP contribution in [0.5, 0.6) is 5.75 Å². The Kier molecular flexibility index (Phi) is 5.16. The summed E-state index contributed by atoms with van der Waals surface area (Å²) in [7, 11) is 1.50. The number of rotatable bonds is 6. The standard InChI is InChI=1S/C14H16ClN3O3/c1-9-17-13(21-18-9)4-3-7-16-14(19)11-6-5-10(15)8-12(11)20-2/h5-6,8H,3-4,7H2,1-2H3,(H,16,19). The van der Waals surface area contributed by atoms with Gasteiger partial charge in [-0.15, -0.1) is 0 Å². The van der Waals surface area contributed by atoms with Gasteiger partial charge in [0.05, 0.1) is 12.7 Å². The van der Waals surface area contributed by atoms with Gasteiger partial charge in [0.25, 0.3) is 5.91 Å². The number of methoxy groups -OCH3 is 1. The first-order valence-electron chi connectivity index (χ1n) is 6.51. The molecule has 0 saturated heterocycles. The summed E-state index contributed by atoms with van der Waals surface area (Å²) in [6.07, 6.45) is 1.34. The minimum Gasteiger partial charge on any atom is -0.496 e. The molecule has 0 aliphatic carbocycles. The Hall–Kier alpha value is -2.08. The Morgan fingerprint density at radius 1 is 1.48 bits per heavy atom. The summed E-state index contributed by atoms with van der Waals surface area (Å²) >= 11 is 5.86. The third-order valence-corrected chi connectivity index (χ3v) is 3.07. The van der Waals surface area contributed by atoms with Crippen LogP contribution in [-0.4, -0.2) is 29.7 Å². The van der Waals surface area contributed by atoms with Gasteiger partial charge in [0, 0.05) is 18.0 Å². The fourth-order valence-corrected chi connectivity index (χ4v) is 1.99. The second-order valence-electron chi connectivity index (χ2n) is 4.44. The first-order chi connectivity index (χ1) is 10.1. The maximum Gasteiger partial charge on any atom is 0.255 e. The van der Waals surface area contributed by atoms with Crippen molar-refractivity contribution in [2.45, 2.75) is 19.8 Å². The van der Waals surface area contributed by atoms with Gasteiger partial charge in [0.1, 0.15) is 5.75 Å². The van der Waals surface area contributed by atoms with Crippen molar-refractivity contribution in [3.63, 3.8) is 0 Å². The average Bonchev–Trinajstić information content (AvgIpc) is 2.88. The number of carbonyl (C=O) groups is 1. The van der Waals surface area contributed by atoms with Crippen LogP contribution in [0.15, 0.2) is 22.7 Å². The van der Waals surface area contributed by atoms with Crippen molar-refractivity contribution in [3.05, 3.63) is 40.5 Å². The van der Waals surface area contributed by atoms with Gasteiger partial charge in [0.2, 0.25) is 5.89 Å². The Labute approximate surface area is 127 Å². The molecule has 0 aliphatic rings. The first kappa shape index (κ1) is 15.3. The molecule has 1 N–H and O–H groups in total.